The quantitative estimate of drug-likeness (QED) is 0.182. The first-order valence-electron chi connectivity index (χ1n) is 3.86. The second-order valence-corrected chi connectivity index (χ2v) is 1.61. The predicted molar refractivity (Wildman–Crippen MR) is 72.3 cm³/mol. The number of rotatable bonds is 2. The van der Waals surface area contributed by atoms with Crippen molar-refractivity contribution in [3.05, 3.63) is 37.4 Å². The fourth-order valence-electron chi connectivity index (χ4n) is 0. The van der Waals surface area contributed by atoms with Gasteiger partial charge in [-0.05, 0) is 0 Å². The SMILES string of the molecule is NCCN.NCCN.[Co+3].[N-]=C=S.[N-]=[N+]=[N-].[N-]=[N+]=[N-]. The van der Waals surface area contributed by atoms with E-state index in [1.807, 2.05) is 0 Å². The van der Waals surface area contributed by atoms with E-state index < -0.39 is 0 Å². The predicted octanol–water partition coefficient (Wildman–Crippen LogP) is 0.196. The summed E-state index contributed by atoms with van der Waals surface area (Å²) in [7, 11) is 0. The molecule has 0 bridgehead atoms. The Morgan fingerprint density at radius 2 is 0.833 bits per heavy atom. The first-order chi connectivity index (χ1) is 8.07. The largest absolute Gasteiger partial charge is 3.00 e. The van der Waals surface area contributed by atoms with E-state index in [0.29, 0.717) is 26.2 Å². The number of nitrogens with zero attached hydrogens (tertiary/aromatic N) is 7. The van der Waals surface area contributed by atoms with Crippen molar-refractivity contribution < 1.29 is 16.8 Å². The molecule has 0 unspecified atom stereocenters. The van der Waals surface area contributed by atoms with E-state index in [-0.39, 0.29) is 16.8 Å². The van der Waals surface area contributed by atoms with Crippen molar-refractivity contribution >= 4 is 17.4 Å². The van der Waals surface area contributed by atoms with Crippen molar-refractivity contribution in [1.82, 2.24) is 0 Å². The molecule has 0 radical (unpaired) electrons. The van der Waals surface area contributed by atoms with Crippen molar-refractivity contribution in [2.45, 2.75) is 0 Å². The molecule has 0 aliphatic carbocycles. The normalized spacial score (nSPS) is 4.67. The van der Waals surface area contributed by atoms with E-state index in [9.17, 15) is 0 Å². The first-order valence-corrected chi connectivity index (χ1v) is 4.27. The van der Waals surface area contributed by atoms with Gasteiger partial charge in [0.15, 0.2) is 0 Å². The molecule has 0 aliphatic rings. The smallest absolute Gasteiger partial charge is 0.753 e. The Hall–Kier alpha value is -1.23. The Kier molecular flexibility index (Phi) is 207. The molecule has 0 heterocycles. The van der Waals surface area contributed by atoms with Crippen LogP contribution >= 0.6 is 12.2 Å². The Morgan fingerprint density at radius 3 is 0.833 bits per heavy atom. The summed E-state index contributed by atoms with van der Waals surface area (Å²) in [5.74, 6) is 0. The zero-order chi connectivity index (χ0) is 14.9. The molecule has 0 fully saturated rings. The van der Waals surface area contributed by atoms with Gasteiger partial charge in [0.05, 0.1) is 0 Å². The summed E-state index contributed by atoms with van der Waals surface area (Å²) in [6.07, 6.45) is 0. The molecule has 18 heavy (non-hydrogen) atoms. The van der Waals surface area contributed by atoms with Crippen LogP contribution in [0.4, 0.5) is 0 Å². The van der Waals surface area contributed by atoms with Crippen LogP contribution < -0.4 is 22.9 Å². The Labute approximate surface area is 121 Å². The third-order valence-electron chi connectivity index (χ3n) is 0.333. The van der Waals surface area contributed by atoms with Gasteiger partial charge in [-0.15, -0.1) is 0 Å². The van der Waals surface area contributed by atoms with E-state index in [1.165, 1.54) is 15.0 Å². The summed E-state index contributed by atoms with van der Waals surface area (Å²) in [5, 5.41) is 8.47. The Morgan fingerprint density at radius 1 is 0.778 bits per heavy atom. The van der Waals surface area contributed by atoms with E-state index in [4.69, 9.17) is 50.5 Å². The Balaban J connectivity index is -0.0000000249. The van der Waals surface area contributed by atoms with Crippen LogP contribution in [-0.2, 0) is 16.8 Å². The van der Waals surface area contributed by atoms with Crippen LogP contribution in [0.1, 0.15) is 0 Å². The molecule has 0 aliphatic heterocycles. The molecule has 0 aromatic carbocycles. The summed E-state index contributed by atoms with van der Waals surface area (Å²) in [4.78, 5) is 3.00. The maximum atomic E-state index is 7.13. The third kappa shape index (κ3) is 4760. The van der Waals surface area contributed by atoms with E-state index in [1.54, 1.807) is 0 Å². The summed E-state index contributed by atoms with van der Waals surface area (Å²) < 4.78 is 0. The van der Waals surface area contributed by atoms with Gasteiger partial charge in [0.25, 0.3) is 0 Å². The monoisotopic (exact) mass is 321 g/mol. The molecular weight excluding hydrogens is 305 g/mol. The minimum atomic E-state index is 0. The van der Waals surface area contributed by atoms with Crippen molar-refractivity contribution in [3.63, 3.8) is 0 Å². The molecule has 0 rings (SSSR count). The molecule has 8 N–H and O–H groups in total. The van der Waals surface area contributed by atoms with Gasteiger partial charge in [0.2, 0.25) is 0 Å². The molecule has 0 spiro atoms. The van der Waals surface area contributed by atoms with Gasteiger partial charge in [0, 0.05) is 26.2 Å². The van der Waals surface area contributed by atoms with Gasteiger partial charge in [-0.3, -0.25) is 9.82 Å². The van der Waals surface area contributed by atoms with Crippen LogP contribution in [0, 0.1) is 0 Å². The van der Waals surface area contributed by atoms with Crippen molar-refractivity contribution in [1.29, 1.82) is 0 Å². The topological polar surface area (TPSA) is 244 Å². The minimum Gasteiger partial charge on any atom is -0.753 e. The number of thiocarbonyl (C=S) groups is 1. The van der Waals surface area contributed by atoms with Gasteiger partial charge in [-0.1, -0.05) is 12.2 Å². The maximum Gasteiger partial charge on any atom is 3.00 e. The van der Waals surface area contributed by atoms with Crippen LogP contribution in [-0.4, -0.2) is 31.3 Å². The van der Waals surface area contributed by atoms with Crippen LogP contribution in [0.5, 0.6) is 0 Å². The number of hydrogen-bond donors (Lipinski definition) is 4. The molecule has 0 amide bonds. The standard InChI is InChI=1S/2C2H8N2.CNS.Co.2N3/c2*3-1-2-4;2-1-3;;2*1-3-2/h2*1-4H2;;;;/q;;-1;+3;2*-1. The number of hydrogen-bond acceptors (Lipinski definition) is 5. The average molecular weight is 321 g/mol. The van der Waals surface area contributed by atoms with Gasteiger partial charge >= 0.3 is 16.8 Å². The van der Waals surface area contributed by atoms with E-state index in [2.05, 4.69) is 12.2 Å². The summed E-state index contributed by atoms with van der Waals surface area (Å²) >= 11 is 3.70. The number of nitrogens with two attached hydrogens (primary N) is 4. The molecule has 11 nitrogen and oxygen atoms in total. The summed E-state index contributed by atoms with van der Waals surface area (Å²) in [5.41, 5.74) is 46.6. The van der Waals surface area contributed by atoms with Gasteiger partial charge in [0.1, 0.15) is 0 Å². The second kappa shape index (κ2) is 103. The zero-order valence-corrected chi connectivity index (χ0v) is 11.4. The van der Waals surface area contributed by atoms with Gasteiger partial charge in [-0.25, -0.2) is 0 Å². The maximum absolute atomic E-state index is 7.13. The molecule has 0 aromatic heterocycles. The zero-order valence-electron chi connectivity index (χ0n) is 9.51. The molecule has 0 saturated heterocycles. The van der Waals surface area contributed by atoms with E-state index in [0.717, 1.165) is 0 Å². The van der Waals surface area contributed by atoms with Crippen molar-refractivity contribution in [2.75, 3.05) is 26.2 Å². The van der Waals surface area contributed by atoms with Gasteiger partial charge in [-0.2, -0.15) is 5.16 Å². The fourth-order valence-corrected chi connectivity index (χ4v) is 0. The molecule has 0 saturated carbocycles. The van der Waals surface area contributed by atoms with Crippen LogP contribution in [0.3, 0.4) is 0 Å². The fraction of sp³-hybridized carbons (Fsp3) is 0.800. The summed E-state index contributed by atoms with van der Waals surface area (Å²) in [6.45, 7) is 2.39. The molecule has 13 heteroatoms. The van der Waals surface area contributed by atoms with Crippen LogP contribution in [0.2, 0.25) is 0 Å². The molecule has 106 valence electrons. The molecule has 0 aromatic rings. The van der Waals surface area contributed by atoms with Crippen LogP contribution in [0.25, 0.3) is 37.4 Å². The van der Waals surface area contributed by atoms with Crippen LogP contribution in [0.15, 0.2) is 0 Å². The summed E-state index contributed by atoms with van der Waals surface area (Å²) in [6, 6.07) is 0. The number of isothiocyanates is 1. The van der Waals surface area contributed by atoms with Crippen molar-refractivity contribution in [3.8, 4) is 0 Å². The minimum absolute atomic E-state index is 0. The second-order valence-electron chi connectivity index (χ2n) is 1.42. The Bertz CT molecular complexity index is 155. The molecule has 0 atom stereocenters. The van der Waals surface area contributed by atoms with Crippen molar-refractivity contribution in [2.24, 2.45) is 22.9 Å². The third-order valence-corrected chi connectivity index (χ3v) is 0.333. The van der Waals surface area contributed by atoms with Gasteiger partial charge < -0.3 is 50.5 Å². The van der Waals surface area contributed by atoms with E-state index >= 15 is 0 Å². The first kappa shape index (κ1) is 36.0. The average Bonchev–Trinajstić information content (AvgIpc) is 2.32. The molecular formula is C5H16CoN11S.